The van der Waals surface area contributed by atoms with E-state index in [1.54, 1.807) is 6.07 Å². The average Bonchev–Trinajstić information content (AvgIpc) is 2.19. The molecule has 82 valence electrons. The second kappa shape index (κ2) is 3.48. The Morgan fingerprint density at radius 1 is 1.31 bits per heavy atom. The van der Waals surface area contributed by atoms with Crippen LogP contribution >= 0.6 is 0 Å². The Balaban J connectivity index is 2.95. The van der Waals surface area contributed by atoms with Gasteiger partial charge in [-0.25, -0.2) is 4.79 Å². The Morgan fingerprint density at radius 2 is 2.00 bits per heavy atom. The normalized spacial score (nSPS) is 10.6. The lowest BCUT2D eigenvalue weighted by Gasteiger charge is -2.03. The minimum absolute atomic E-state index is 0.317. The maximum absolute atomic E-state index is 11.8. The maximum Gasteiger partial charge on any atom is 0.342 e. The van der Waals surface area contributed by atoms with Crippen LogP contribution < -0.4 is 5.43 Å². The fourth-order valence-corrected chi connectivity index (χ4v) is 1.74. The number of aromatic carboxylic acids is 1. The number of hydrogen-bond acceptors (Lipinski definition) is 3. The van der Waals surface area contributed by atoms with Gasteiger partial charge in [0.2, 0.25) is 5.43 Å². The predicted molar refractivity (Wildman–Crippen MR) is 58.9 cm³/mol. The highest BCUT2D eigenvalue weighted by Gasteiger charge is 2.14. The molecule has 0 atom stereocenters. The van der Waals surface area contributed by atoms with E-state index in [0.717, 1.165) is 17.4 Å². The lowest BCUT2D eigenvalue weighted by molar-refractivity contribution is 0.0693. The van der Waals surface area contributed by atoms with E-state index in [1.165, 1.54) is 0 Å². The second-order valence-corrected chi connectivity index (χ2v) is 3.74. The molecule has 0 aliphatic rings. The Morgan fingerprint density at radius 3 is 2.62 bits per heavy atom. The summed E-state index contributed by atoms with van der Waals surface area (Å²) in [4.78, 5) is 22.6. The first kappa shape index (κ1) is 10.4. The summed E-state index contributed by atoms with van der Waals surface area (Å²) in [6, 6.07) is 3.52. The van der Waals surface area contributed by atoms with Gasteiger partial charge in [-0.2, -0.15) is 0 Å². The number of benzene rings is 1. The molecule has 0 bridgehead atoms. The minimum atomic E-state index is -1.27. The summed E-state index contributed by atoms with van der Waals surface area (Å²) in [6.07, 6.45) is 0.995. The van der Waals surface area contributed by atoms with Crippen LogP contribution in [0.3, 0.4) is 0 Å². The van der Waals surface area contributed by atoms with Crippen LogP contribution in [0, 0.1) is 13.8 Å². The first-order valence-electron chi connectivity index (χ1n) is 4.77. The van der Waals surface area contributed by atoms with E-state index in [9.17, 15) is 9.59 Å². The molecule has 1 N–H and O–H groups in total. The molecule has 0 spiro atoms. The molecule has 0 aliphatic carbocycles. The molecule has 0 aliphatic heterocycles. The lowest BCUT2D eigenvalue weighted by atomic mass is 10.1. The molecule has 1 aromatic carbocycles. The molecule has 2 rings (SSSR count). The topological polar surface area (TPSA) is 67.5 Å². The maximum atomic E-state index is 11.8. The van der Waals surface area contributed by atoms with Crippen LogP contribution in [0.1, 0.15) is 21.5 Å². The van der Waals surface area contributed by atoms with Gasteiger partial charge in [0.25, 0.3) is 0 Å². The van der Waals surface area contributed by atoms with Crippen molar-refractivity contribution in [1.82, 2.24) is 0 Å². The Hall–Kier alpha value is -2.10. The highest BCUT2D eigenvalue weighted by molar-refractivity contribution is 5.92. The van der Waals surface area contributed by atoms with E-state index in [4.69, 9.17) is 9.52 Å². The van der Waals surface area contributed by atoms with E-state index in [0.29, 0.717) is 11.0 Å². The van der Waals surface area contributed by atoms with Gasteiger partial charge in [-0.15, -0.1) is 0 Å². The third-order valence-corrected chi connectivity index (χ3v) is 2.43. The van der Waals surface area contributed by atoms with Crippen molar-refractivity contribution in [2.45, 2.75) is 13.8 Å². The molecule has 0 unspecified atom stereocenters. The first-order chi connectivity index (χ1) is 7.50. The largest absolute Gasteiger partial charge is 0.477 e. The molecule has 0 amide bonds. The molecule has 0 saturated carbocycles. The van der Waals surface area contributed by atoms with Gasteiger partial charge in [0.15, 0.2) is 0 Å². The average molecular weight is 218 g/mol. The fourth-order valence-electron chi connectivity index (χ4n) is 1.74. The highest BCUT2D eigenvalue weighted by Crippen LogP contribution is 2.18. The van der Waals surface area contributed by atoms with Crippen molar-refractivity contribution >= 4 is 16.9 Å². The zero-order valence-electron chi connectivity index (χ0n) is 8.90. The van der Waals surface area contributed by atoms with Gasteiger partial charge < -0.3 is 9.52 Å². The van der Waals surface area contributed by atoms with Crippen LogP contribution in [0.5, 0.6) is 0 Å². The monoisotopic (exact) mass is 218 g/mol. The van der Waals surface area contributed by atoms with E-state index in [2.05, 4.69) is 0 Å². The molecule has 16 heavy (non-hydrogen) atoms. The number of carboxylic acid groups (broad SMARTS) is 1. The van der Waals surface area contributed by atoms with E-state index in [1.807, 2.05) is 19.9 Å². The van der Waals surface area contributed by atoms with Crippen LogP contribution in [0.4, 0.5) is 0 Å². The van der Waals surface area contributed by atoms with Crippen molar-refractivity contribution in [3.05, 3.63) is 45.3 Å². The molecule has 1 aromatic heterocycles. The number of rotatable bonds is 1. The van der Waals surface area contributed by atoms with E-state index in [-0.39, 0.29) is 5.56 Å². The Kier molecular flexibility index (Phi) is 2.27. The molecular weight excluding hydrogens is 208 g/mol. The predicted octanol–water partition coefficient (Wildman–Crippen LogP) is 2.11. The van der Waals surface area contributed by atoms with E-state index >= 15 is 0 Å². The zero-order chi connectivity index (χ0) is 11.9. The zero-order valence-corrected chi connectivity index (χ0v) is 8.90. The smallest absolute Gasteiger partial charge is 0.342 e. The van der Waals surface area contributed by atoms with Gasteiger partial charge in [-0.3, -0.25) is 4.79 Å². The van der Waals surface area contributed by atoms with Crippen molar-refractivity contribution in [3.8, 4) is 0 Å². The van der Waals surface area contributed by atoms with Gasteiger partial charge in [0, 0.05) is 0 Å². The van der Waals surface area contributed by atoms with Crippen LogP contribution in [0.25, 0.3) is 11.0 Å². The summed E-state index contributed by atoms with van der Waals surface area (Å²) in [6.45, 7) is 3.66. The number of hydrogen-bond donors (Lipinski definition) is 1. The molecule has 0 saturated heterocycles. The van der Waals surface area contributed by atoms with Gasteiger partial charge >= 0.3 is 5.97 Å². The van der Waals surface area contributed by atoms with Crippen LogP contribution in [-0.2, 0) is 0 Å². The van der Waals surface area contributed by atoms with Crippen LogP contribution in [0.15, 0.2) is 27.6 Å². The van der Waals surface area contributed by atoms with E-state index < -0.39 is 11.4 Å². The molecule has 4 heteroatoms. The lowest BCUT2D eigenvalue weighted by Crippen LogP contribution is -2.14. The van der Waals surface area contributed by atoms with Crippen molar-refractivity contribution in [2.24, 2.45) is 0 Å². The Labute approximate surface area is 91.1 Å². The summed E-state index contributed by atoms with van der Waals surface area (Å²) in [5.41, 5.74) is 1.34. The standard InChI is InChI=1S/C12H10O4/c1-6-3-7(2)11-8(4-6)10(13)9(5-16-11)12(14)15/h3-5H,1-2H3,(H,14,15). The second-order valence-electron chi connectivity index (χ2n) is 3.74. The van der Waals surface area contributed by atoms with Gasteiger partial charge in [-0.1, -0.05) is 6.07 Å². The first-order valence-corrected chi connectivity index (χ1v) is 4.77. The third kappa shape index (κ3) is 1.48. The number of carbonyl (C=O) groups is 1. The Bertz CT molecular complexity index is 637. The quantitative estimate of drug-likeness (QED) is 0.795. The van der Waals surface area contributed by atoms with Crippen molar-refractivity contribution in [1.29, 1.82) is 0 Å². The molecule has 4 nitrogen and oxygen atoms in total. The molecule has 0 fully saturated rings. The molecule has 0 radical (unpaired) electrons. The summed E-state index contributed by atoms with van der Waals surface area (Å²) >= 11 is 0. The van der Waals surface area contributed by atoms with Crippen molar-refractivity contribution in [3.63, 3.8) is 0 Å². The number of carboxylic acids is 1. The molecule has 1 heterocycles. The van der Waals surface area contributed by atoms with Crippen LogP contribution in [-0.4, -0.2) is 11.1 Å². The number of aryl methyl sites for hydroxylation is 2. The number of fused-ring (bicyclic) bond motifs is 1. The van der Waals surface area contributed by atoms with Crippen molar-refractivity contribution < 1.29 is 14.3 Å². The van der Waals surface area contributed by atoms with Gasteiger partial charge in [-0.05, 0) is 31.0 Å². The third-order valence-electron chi connectivity index (χ3n) is 2.43. The molecular formula is C12H10O4. The van der Waals surface area contributed by atoms with Crippen LogP contribution in [0.2, 0.25) is 0 Å². The van der Waals surface area contributed by atoms with Gasteiger partial charge in [0.1, 0.15) is 17.4 Å². The summed E-state index contributed by atoms with van der Waals surface area (Å²) in [5, 5.41) is 9.12. The summed E-state index contributed by atoms with van der Waals surface area (Å²) in [7, 11) is 0. The SMILES string of the molecule is Cc1cc(C)c2occ(C(=O)O)c(=O)c2c1. The summed E-state index contributed by atoms with van der Waals surface area (Å²) in [5.74, 6) is -1.27. The van der Waals surface area contributed by atoms with Gasteiger partial charge in [0.05, 0.1) is 5.39 Å². The minimum Gasteiger partial charge on any atom is -0.477 e. The van der Waals surface area contributed by atoms with Crippen molar-refractivity contribution in [2.75, 3.05) is 0 Å². The fraction of sp³-hybridized carbons (Fsp3) is 0.167. The summed E-state index contributed by atoms with van der Waals surface area (Å²) < 4.78 is 5.19. The highest BCUT2D eigenvalue weighted by atomic mass is 16.4. The molecule has 2 aromatic rings.